The molecule has 0 atom stereocenters. The van der Waals surface area contributed by atoms with E-state index in [4.69, 9.17) is 9.47 Å². The maximum Gasteiger partial charge on any atom is 0.261 e. The Morgan fingerprint density at radius 2 is 1.59 bits per heavy atom. The van der Waals surface area contributed by atoms with Crippen LogP contribution in [-0.4, -0.2) is 34.5 Å². The van der Waals surface area contributed by atoms with Crippen molar-refractivity contribution >= 4 is 11.6 Å². The highest BCUT2D eigenvalue weighted by atomic mass is 16.5. The Hall–Kier alpha value is -4.00. The Labute approximate surface area is 168 Å². The first-order valence-electron chi connectivity index (χ1n) is 9.01. The molecule has 0 aliphatic rings. The molecule has 7 nitrogen and oxygen atoms in total. The van der Waals surface area contributed by atoms with Gasteiger partial charge in [0.25, 0.3) is 5.91 Å². The summed E-state index contributed by atoms with van der Waals surface area (Å²) in [5.74, 6) is 1.54. The molecule has 2 aromatic carbocycles. The number of carbonyl (C=O) groups is 1. The number of anilines is 1. The van der Waals surface area contributed by atoms with Crippen LogP contribution < -0.4 is 14.8 Å². The van der Waals surface area contributed by atoms with Crippen LogP contribution in [0.5, 0.6) is 11.5 Å². The van der Waals surface area contributed by atoms with Gasteiger partial charge in [-0.2, -0.15) is 5.10 Å². The predicted octanol–water partition coefficient (Wildman–Crippen LogP) is 3.93. The molecule has 0 saturated carbocycles. The number of para-hydroxylation sites is 1. The number of methoxy groups -OCH3 is 2. The fraction of sp³-hybridized carbons (Fsp3) is 0.0909. The standard InChI is InChI=1S/C22H20N4O3/c1-28-18-12-16(13-19(14-18)29-2)24-21(27)20-15-23-26(17-8-4-3-5-9-17)22(20)25-10-6-7-11-25/h3-15H,1-2H3,(H,24,27). The summed E-state index contributed by atoms with van der Waals surface area (Å²) >= 11 is 0. The van der Waals surface area contributed by atoms with Gasteiger partial charge in [0.05, 0.1) is 26.1 Å². The van der Waals surface area contributed by atoms with Crippen LogP contribution in [0.3, 0.4) is 0 Å². The zero-order chi connectivity index (χ0) is 20.2. The topological polar surface area (TPSA) is 70.3 Å². The molecule has 146 valence electrons. The van der Waals surface area contributed by atoms with E-state index in [1.165, 1.54) is 0 Å². The van der Waals surface area contributed by atoms with E-state index in [0.717, 1.165) is 5.69 Å². The minimum Gasteiger partial charge on any atom is -0.497 e. The predicted molar refractivity (Wildman–Crippen MR) is 110 cm³/mol. The Morgan fingerprint density at radius 3 is 2.21 bits per heavy atom. The van der Waals surface area contributed by atoms with Crippen molar-refractivity contribution in [2.45, 2.75) is 0 Å². The lowest BCUT2D eigenvalue weighted by Crippen LogP contribution is -2.15. The Kier molecular flexibility index (Phi) is 5.03. The molecule has 0 aliphatic carbocycles. The molecule has 0 bridgehead atoms. The van der Waals surface area contributed by atoms with Crippen LogP contribution in [0.1, 0.15) is 10.4 Å². The Morgan fingerprint density at radius 1 is 0.931 bits per heavy atom. The molecule has 0 radical (unpaired) electrons. The molecule has 29 heavy (non-hydrogen) atoms. The zero-order valence-corrected chi connectivity index (χ0v) is 16.1. The minimum atomic E-state index is -0.286. The highest BCUT2D eigenvalue weighted by molar-refractivity contribution is 6.06. The smallest absolute Gasteiger partial charge is 0.261 e. The lowest BCUT2D eigenvalue weighted by atomic mass is 10.2. The molecule has 0 fully saturated rings. The van der Waals surface area contributed by atoms with Crippen LogP contribution >= 0.6 is 0 Å². The van der Waals surface area contributed by atoms with Crippen molar-refractivity contribution in [2.75, 3.05) is 19.5 Å². The first kappa shape index (κ1) is 18.4. The van der Waals surface area contributed by atoms with Crippen molar-refractivity contribution < 1.29 is 14.3 Å². The molecule has 1 amide bonds. The molecule has 4 rings (SSSR count). The molecule has 1 N–H and O–H groups in total. The average molecular weight is 388 g/mol. The Bertz CT molecular complexity index is 1100. The summed E-state index contributed by atoms with van der Waals surface area (Å²) in [5, 5.41) is 7.37. The van der Waals surface area contributed by atoms with E-state index >= 15 is 0 Å². The van der Waals surface area contributed by atoms with Crippen molar-refractivity contribution in [3.63, 3.8) is 0 Å². The third-order valence-electron chi connectivity index (χ3n) is 4.45. The minimum absolute atomic E-state index is 0.286. The summed E-state index contributed by atoms with van der Waals surface area (Å²) in [4.78, 5) is 13.1. The monoisotopic (exact) mass is 388 g/mol. The second-order valence-corrected chi connectivity index (χ2v) is 6.27. The summed E-state index contributed by atoms with van der Waals surface area (Å²) in [7, 11) is 3.13. The highest BCUT2D eigenvalue weighted by Gasteiger charge is 2.20. The van der Waals surface area contributed by atoms with Gasteiger partial charge in [-0.05, 0) is 24.3 Å². The van der Waals surface area contributed by atoms with E-state index in [-0.39, 0.29) is 5.91 Å². The number of aromatic nitrogens is 3. The molecule has 0 unspecified atom stereocenters. The fourth-order valence-corrected chi connectivity index (χ4v) is 3.06. The summed E-state index contributed by atoms with van der Waals surface area (Å²) in [6.07, 6.45) is 5.32. The van der Waals surface area contributed by atoms with Crippen molar-refractivity contribution in [3.8, 4) is 23.0 Å². The van der Waals surface area contributed by atoms with Crippen LogP contribution in [0.25, 0.3) is 11.5 Å². The first-order chi connectivity index (χ1) is 14.2. The van der Waals surface area contributed by atoms with Crippen molar-refractivity contribution in [3.05, 3.63) is 84.8 Å². The van der Waals surface area contributed by atoms with E-state index in [1.54, 1.807) is 43.3 Å². The summed E-state index contributed by atoms with van der Waals surface area (Å²) in [6, 6.07) is 18.7. The van der Waals surface area contributed by atoms with Crippen LogP contribution in [0, 0.1) is 0 Å². The van der Waals surface area contributed by atoms with Gasteiger partial charge in [-0.15, -0.1) is 0 Å². The van der Waals surface area contributed by atoms with Gasteiger partial charge in [0.1, 0.15) is 17.1 Å². The molecule has 2 heterocycles. The SMILES string of the molecule is COc1cc(NC(=O)c2cnn(-c3ccccc3)c2-n2cccc2)cc(OC)c1. The largest absolute Gasteiger partial charge is 0.497 e. The normalized spacial score (nSPS) is 10.6. The third-order valence-corrected chi connectivity index (χ3v) is 4.45. The molecule has 4 aromatic rings. The zero-order valence-electron chi connectivity index (χ0n) is 16.1. The number of hydrogen-bond acceptors (Lipinski definition) is 4. The molecule has 7 heteroatoms. The van der Waals surface area contributed by atoms with E-state index in [9.17, 15) is 4.79 Å². The second-order valence-electron chi connectivity index (χ2n) is 6.27. The number of nitrogens with one attached hydrogen (secondary N) is 1. The number of benzene rings is 2. The number of nitrogens with zero attached hydrogens (tertiary/aromatic N) is 3. The first-order valence-corrected chi connectivity index (χ1v) is 9.01. The molecular weight excluding hydrogens is 368 g/mol. The van der Waals surface area contributed by atoms with E-state index < -0.39 is 0 Å². The van der Waals surface area contributed by atoms with E-state index in [1.807, 2.05) is 59.4 Å². The lowest BCUT2D eigenvalue weighted by molar-refractivity contribution is 0.102. The van der Waals surface area contributed by atoms with Crippen LogP contribution in [-0.2, 0) is 0 Å². The second kappa shape index (κ2) is 7.93. The van der Waals surface area contributed by atoms with Gasteiger partial charge in [-0.3, -0.25) is 4.79 Å². The maximum absolute atomic E-state index is 13.1. The molecular formula is C22H20N4O3. The third kappa shape index (κ3) is 3.70. The van der Waals surface area contributed by atoms with E-state index in [2.05, 4.69) is 10.4 Å². The molecule has 0 aliphatic heterocycles. The average Bonchev–Trinajstić information content (AvgIpc) is 3.43. The van der Waals surface area contributed by atoms with Crippen LogP contribution in [0.15, 0.2) is 79.3 Å². The van der Waals surface area contributed by atoms with Crippen LogP contribution in [0.2, 0.25) is 0 Å². The fourth-order valence-electron chi connectivity index (χ4n) is 3.06. The van der Waals surface area contributed by atoms with Crippen molar-refractivity contribution in [2.24, 2.45) is 0 Å². The number of carbonyl (C=O) groups excluding carboxylic acids is 1. The number of rotatable bonds is 6. The van der Waals surface area contributed by atoms with Gasteiger partial charge < -0.3 is 19.4 Å². The van der Waals surface area contributed by atoms with Gasteiger partial charge in [-0.25, -0.2) is 4.68 Å². The van der Waals surface area contributed by atoms with Gasteiger partial charge in [0.2, 0.25) is 0 Å². The van der Waals surface area contributed by atoms with Gasteiger partial charge >= 0.3 is 0 Å². The molecule has 2 aromatic heterocycles. The number of amides is 1. The Balaban J connectivity index is 1.74. The summed E-state index contributed by atoms with van der Waals surface area (Å²) in [5.41, 5.74) is 1.86. The van der Waals surface area contributed by atoms with Gasteiger partial charge in [-0.1, -0.05) is 18.2 Å². The van der Waals surface area contributed by atoms with E-state index in [0.29, 0.717) is 28.6 Å². The number of ether oxygens (including phenoxy) is 2. The maximum atomic E-state index is 13.1. The summed E-state index contributed by atoms with van der Waals surface area (Å²) in [6.45, 7) is 0. The highest BCUT2D eigenvalue weighted by Crippen LogP contribution is 2.27. The lowest BCUT2D eigenvalue weighted by Gasteiger charge is -2.12. The summed E-state index contributed by atoms with van der Waals surface area (Å²) < 4.78 is 14.2. The van der Waals surface area contributed by atoms with Crippen molar-refractivity contribution in [1.82, 2.24) is 14.3 Å². The van der Waals surface area contributed by atoms with Gasteiger partial charge in [0, 0.05) is 36.3 Å². The molecule has 0 spiro atoms. The quantitative estimate of drug-likeness (QED) is 0.543. The van der Waals surface area contributed by atoms with Crippen LogP contribution in [0.4, 0.5) is 5.69 Å². The van der Waals surface area contributed by atoms with Gasteiger partial charge in [0.15, 0.2) is 5.82 Å². The number of hydrogen-bond donors (Lipinski definition) is 1. The van der Waals surface area contributed by atoms with Crippen molar-refractivity contribution in [1.29, 1.82) is 0 Å². The molecule has 0 saturated heterocycles.